The van der Waals surface area contributed by atoms with Crippen LogP contribution < -0.4 is 4.74 Å². The molecule has 2 aliphatic heterocycles. The van der Waals surface area contributed by atoms with E-state index < -0.39 is 5.41 Å². The van der Waals surface area contributed by atoms with Gasteiger partial charge in [0, 0.05) is 58.3 Å². The number of amides is 2. The van der Waals surface area contributed by atoms with Crippen LogP contribution in [0.15, 0.2) is 54.6 Å². The highest BCUT2D eigenvalue weighted by atomic mass is 16.5. The Morgan fingerprint density at radius 1 is 1.03 bits per heavy atom. The van der Waals surface area contributed by atoms with Gasteiger partial charge >= 0.3 is 0 Å². The van der Waals surface area contributed by atoms with Crippen molar-refractivity contribution in [2.75, 3.05) is 40.3 Å². The van der Waals surface area contributed by atoms with Crippen molar-refractivity contribution in [2.45, 2.75) is 26.5 Å². The molecular weight excluding hydrogens is 402 g/mol. The Labute approximate surface area is 190 Å². The molecule has 4 rings (SSSR count). The van der Waals surface area contributed by atoms with Gasteiger partial charge in [-0.3, -0.25) is 14.5 Å². The van der Waals surface area contributed by atoms with Gasteiger partial charge in [-0.2, -0.15) is 0 Å². The number of carbonyl (C=O) groups is 2. The minimum Gasteiger partial charge on any atom is -0.491 e. The van der Waals surface area contributed by atoms with Crippen LogP contribution in [-0.4, -0.2) is 72.9 Å². The topological polar surface area (TPSA) is 53.1 Å². The smallest absolute Gasteiger partial charge is 0.253 e. The van der Waals surface area contributed by atoms with E-state index in [1.807, 2.05) is 75.3 Å². The first-order chi connectivity index (χ1) is 15.3. The number of ether oxygens (including phenoxy) is 1. The molecule has 2 aromatic rings. The van der Waals surface area contributed by atoms with Gasteiger partial charge in [0.15, 0.2) is 0 Å². The number of rotatable bonds is 6. The normalized spacial score (nSPS) is 22.8. The number of hydrogen-bond acceptors (Lipinski definition) is 4. The Morgan fingerprint density at radius 3 is 2.34 bits per heavy atom. The SMILES string of the molecule is CC(C)Oc1ccc(CN2C[C@@H]3CN(C(=O)c4ccccc4)C[C@]3(C(=O)N(C)C)C2)cc1. The predicted molar refractivity (Wildman–Crippen MR) is 124 cm³/mol. The van der Waals surface area contributed by atoms with E-state index in [2.05, 4.69) is 17.0 Å². The zero-order valence-corrected chi connectivity index (χ0v) is 19.5. The zero-order valence-electron chi connectivity index (χ0n) is 19.5. The molecule has 0 spiro atoms. The largest absolute Gasteiger partial charge is 0.491 e. The molecule has 0 bridgehead atoms. The first kappa shape index (κ1) is 22.3. The highest BCUT2D eigenvalue weighted by molar-refractivity contribution is 5.95. The van der Waals surface area contributed by atoms with E-state index in [4.69, 9.17) is 4.74 Å². The van der Waals surface area contributed by atoms with E-state index >= 15 is 0 Å². The molecule has 6 nitrogen and oxygen atoms in total. The molecule has 0 N–H and O–H groups in total. The van der Waals surface area contributed by atoms with Crippen LogP contribution in [0.4, 0.5) is 0 Å². The van der Waals surface area contributed by atoms with E-state index in [0.29, 0.717) is 25.2 Å². The Bertz CT molecular complexity index is 958. The van der Waals surface area contributed by atoms with Crippen LogP contribution in [0.25, 0.3) is 0 Å². The third-order valence-corrected chi connectivity index (χ3v) is 6.52. The van der Waals surface area contributed by atoms with Crippen LogP contribution in [0.2, 0.25) is 0 Å². The van der Waals surface area contributed by atoms with E-state index in [1.54, 1.807) is 4.90 Å². The summed E-state index contributed by atoms with van der Waals surface area (Å²) in [5.41, 5.74) is 1.33. The molecule has 0 aliphatic carbocycles. The standard InChI is InChI=1S/C26H33N3O3/c1-19(2)32-23-12-10-20(11-13-23)14-28-15-22-16-29(24(30)21-8-6-5-7-9-21)18-26(22,17-28)25(31)27(3)4/h5-13,19,22H,14-18H2,1-4H3/t22-,26-/m1/s1. The van der Waals surface area contributed by atoms with Crippen molar-refractivity contribution in [3.8, 4) is 5.75 Å². The van der Waals surface area contributed by atoms with Gasteiger partial charge in [0.25, 0.3) is 5.91 Å². The first-order valence-corrected chi connectivity index (χ1v) is 11.3. The minimum absolute atomic E-state index is 0.0122. The Morgan fingerprint density at radius 2 is 1.72 bits per heavy atom. The second-order valence-corrected chi connectivity index (χ2v) is 9.58. The fraction of sp³-hybridized carbons (Fsp3) is 0.462. The van der Waals surface area contributed by atoms with Gasteiger partial charge in [0.05, 0.1) is 11.5 Å². The average Bonchev–Trinajstić information content (AvgIpc) is 3.29. The van der Waals surface area contributed by atoms with E-state index in [0.717, 1.165) is 18.8 Å². The summed E-state index contributed by atoms with van der Waals surface area (Å²) in [4.78, 5) is 32.3. The van der Waals surface area contributed by atoms with Gasteiger partial charge in [0.2, 0.25) is 5.91 Å². The summed E-state index contributed by atoms with van der Waals surface area (Å²) in [5, 5.41) is 0. The van der Waals surface area contributed by atoms with Crippen LogP contribution in [0, 0.1) is 11.3 Å². The summed E-state index contributed by atoms with van der Waals surface area (Å²) in [5.74, 6) is 1.14. The molecule has 0 unspecified atom stereocenters. The van der Waals surface area contributed by atoms with Crippen molar-refractivity contribution in [3.63, 3.8) is 0 Å². The Balaban J connectivity index is 1.49. The maximum Gasteiger partial charge on any atom is 0.253 e. The molecule has 0 aromatic heterocycles. The van der Waals surface area contributed by atoms with Crippen molar-refractivity contribution < 1.29 is 14.3 Å². The molecule has 2 aromatic carbocycles. The summed E-state index contributed by atoms with van der Waals surface area (Å²) in [6, 6.07) is 17.6. The number of fused-ring (bicyclic) bond motifs is 1. The maximum absolute atomic E-state index is 13.3. The molecule has 2 saturated heterocycles. The molecule has 170 valence electrons. The number of carbonyl (C=O) groups excluding carboxylic acids is 2. The van der Waals surface area contributed by atoms with Crippen LogP contribution in [0.3, 0.4) is 0 Å². The molecule has 0 saturated carbocycles. The van der Waals surface area contributed by atoms with Crippen LogP contribution >= 0.6 is 0 Å². The average molecular weight is 436 g/mol. The number of likely N-dealkylation sites (tertiary alicyclic amines) is 2. The predicted octanol–water partition coefficient (Wildman–Crippen LogP) is 3.14. The Hall–Kier alpha value is -2.86. The molecule has 2 atom stereocenters. The zero-order chi connectivity index (χ0) is 22.9. The van der Waals surface area contributed by atoms with E-state index in [9.17, 15) is 9.59 Å². The fourth-order valence-corrected chi connectivity index (χ4v) is 5.16. The van der Waals surface area contributed by atoms with Crippen molar-refractivity contribution in [2.24, 2.45) is 11.3 Å². The van der Waals surface area contributed by atoms with Gasteiger partial charge in [-0.25, -0.2) is 0 Å². The van der Waals surface area contributed by atoms with Crippen LogP contribution in [0.1, 0.15) is 29.8 Å². The summed E-state index contributed by atoms with van der Waals surface area (Å²) in [6.45, 7) is 7.38. The lowest BCUT2D eigenvalue weighted by molar-refractivity contribution is -0.139. The van der Waals surface area contributed by atoms with Gasteiger partial charge < -0.3 is 14.5 Å². The monoisotopic (exact) mass is 435 g/mol. The van der Waals surface area contributed by atoms with Crippen LogP contribution in [-0.2, 0) is 11.3 Å². The second kappa shape index (κ2) is 8.94. The molecule has 2 aliphatic rings. The van der Waals surface area contributed by atoms with Crippen molar-refractivity contribution in [3.05, 3.63) is 65.7 Å². The van der Waals surface area contributed by atoms with Crippen molar-refractivity contribution in [1.29, 1.82) is 0 Å². The first-order valence-electron chi connectivity index (χ1n) is 11.3. The van der Waals surface area contributed by atoms with Gasteiger partial charge in [-0.15, -0.1) is 0 Å². The Kier molecular flexibility index (Phi) is 6.24. The minimum atomic E-state index is -0.547. The summed E-state index contributed by atoms with van der Waals surface area (Å²) < 4.78 is 5.74. The molecule has 32 heavy (non-hydrogen) atoms. The van der Waals surface area contributed by atoms with Crippen molar-refractivity contribution in [1.82, 2.24) is 14.7 Å². The summed E-state index contributed by atoms with van der Waals surface area (Å²) in [6.07, 6.45) is 0.150. The lowest BCUT2D eigenvalue weighted by atomic mass is 9.80. The molecule has 2 amide bonds. The number of benzene rings is 2. The second-order valence-electron chi connectivity index (χ2n) is 9.58. The summed E-state index contributed by atoms with van der Waals surface area (Å²) in [7, 11) is 3.62. The molecule has 0 radical (unpaired) electrons. The molecule has 6 heteroatoms. The highest BCUT2D eigenvalue weighted by Gasteiger charge is 2.58. The lowest BCUT2D eigenvalue weighted by Gasteiger charge is -2.31. The van der Waals surface area contributed by atoms with Gasteiger partial charge in [0.1, 0.15) is 5.75 Å². The highest BCUT2D eigenvalue weighted by Crippen LogP contribution is 2.44. The van der Waals surface area contributed by atoms with E-state index in [1.165, 1.54) is 5.56 Å². The quantitative estimate of drug-likeness (QED) is 0.700. The van der Waals surface area contributed by atoms with Gasteiger partial charge in [-0.1, -0.05) is 30.3 Å². The van der Waals surface area contributed by atoms with Crippen molar-refractivity contribution >= 4 is 11.8 Å². The lowest BCUT2D eigenvalue weighted by Crippen LogP contribution is -2.47. The fourth-order valence-electron chi connectivity index (χ4n) is 5.16. The maximum atomic E-state index is 13.3. The third-order valence-electron chi connectivity index (χ3n) is 6.52. The molecule has 2 heterocycles. The van der Waals surface area contributed by atoms with Crippen LogP contribution in [0.5, 0.6) is 5.75 Å². The van der Waals surface area contributed by atoms with E-state index in [-0.39, 0.29) is 23.8 Å². The van der Waals surface area contributed by atoms with Gasteiger partial charge in [-0.05, 0) is 43.7 Å². The number of hydrogen-bond donors (Lipinski definition) is 0. The number of nitrogens with zero attached hydrogens (tertiary/aromatic N) is 3. The molecular formula is C26H33N3O3. The third kappa shape index (κ3) is 4.37. The molecule has 2 fully saturated rings. The summed E-state index contributed by atoms with van der Waals surface area (Å²) >= 11 is 0.